The standard InChI is InChI=1S/C16H18BrNO/c1-3-18(14-6-4-5-12(2)9-14)11-13-7-8-16(19)15(17)10-13/h4-10,19H,3,11H2,1-2H3. The fourth-order valence-electron chi connectivity index (χ4n) is 2.08. The average Bonchev–Trinajstić information content (AvgIpc) is 2.40. The number of phenols is 1. The van der Waals surface area contributed by atoms with Crippen molar-refractivity contribution in [2.45, 2.75) is 20.4 Å². The maximum absolute atomic E-state index is 9.53. The Morgan fingerprint density at radius 3 is 2.58 bits per heavy atom. The first-order chi connectivity index (χ1) is 9.10. The molecule has 2 nitrogen and oxygen atoms in total. The Kier molecular flexibility index (Phi) is 4.48. The van der Waals surface area contributed by atoms with E-state index in [9.17, 15) is 5.11 Å². The normalized spacial score (nSPS) is 10.5. The molecule has 0 fully saturated rings. The van der Waals surface area contributed by atoms with E-state index in [0.29, 0.717) is 0 Å². The summed E-state index contributed by atoms with van der Waals surface area (Å²) in [4.78, 5) is 2.31. The second kappa shape index (κ2) is 6.11. The molecule has 100 valence electrons. The van der Waals surface area contributed by atoms with Gasteiger partial charge in [-0.1, -0.05) is 18.2 Å². The Balaban J connectivity index is 2.21. The maximum atomic E-state index is 9.53. The number of hydrogen-bond acceptors (Lipinski definition) is 2. The van der Waals surface area contributed by atoms with E-state index in [1.807, 2.05) is 12.1 Å². The SMILES string of the molecule is CCN(Cc1ccc(O)c(Br)c1)c1cccc(C)c1. The lowest BCUT2D eigenvalue weighted by molar-refractivity contribution is 0.471. The van der Waals surface area contributed by atoms with Gasteiger partial charge in [0.05, 0.1) is 4.47 Å². The fraction of sp³-hybridized carbons (Fsp3) is 0.250. The van der Waals surface area contributed by atoms with Crippen LogP contribution in [0.1, 0.15) is 18.1 Å². The Labute approximate surface area is 122 Å². The number of anilines is 1. The zero-order valence-electron chi connectivity index (χ0n) is 11.2. The first-order valence-corrected chi connectivity index (χ1v) is 7.18. The molecular formula is C16H18BrNO. The van der Waals surface area contributed by atoms with Crippen LogP contribution in [-0.4, -0.2) is 11.7 Å². The number of benzene rings is 2. The van der Waals surface area contributed by atoms with E-state index < -0.39 is 0 Å². The molecule has 0 saturated heterocycles. The molecule has 0 aromatic heterocycles. The van der Waals surface area contributed by atoms with Crippen LogP contribution in [-0.2, 0) is 6.54 Å². The highest BCUT2D eigenvalue weighted by atomic mass is 79.9. The number of aromatic hydroxyl groups is 1. The van der Waals surface area contributed by atoms with E-state index >= 15 is 0 Å². The Morgan fingerprint density at radius 2 is 1.95 bits per heavy atom. The molecule has 2 aromatic rings. The van der Waals surface area contributed by atoms with Gasteiger partial charge >= 0.3 is 0 Å². The zero-order chi connectivity index (χ0) is 13.8. The second-order valence-electron chi connectivity index (χ2n) is 4.64. The van der Waals surface area contributed by atoms with E-state index in [1.54, 1.807) is 6.07 Å². The molecular weight excluding hydrogens is 302 g/mol. The van der Waals surface area contributed by atoms with Gasteiger partial charge in [-0.2, -0.15) is 0 Å². The topological polar surface area (TPSA) is 23.5 Å². The second-order valence-corrected chi connectivity index (χ2v) is 5.49. The fourth-order valence-corrected chi connectivity index (χ4v) is 2.51. The van der Waals surface area contributed by atoms with Crippen molar-refractivity contribution >= 4 is 21.6 Å². The van der Waals surface area contributed by atoms with Gasteiger partial charge in [-0.05, 0) is 65.2 Å². The monoisotopic (exact) mass is 319 g/mol. The van der Waals surface area contributed by atoms with Crippen molar-refractivity contribution in [3.05, 3.63) is 58.1 Å². The van der Waals surface area contributed by atoms with Crippen molar-refractivity contribution < 1.29 is 5.11 Å². The summed E-state index contributed by atoms with van der Waals surface area (Å²) >= 11 is 3.36. The molecule has 0 unspecified atom stereocenters. The number of rotatable bonds is 4. The molecule has 0 atom stereocenters. The largest absolute Gasteiger partial charge is 0.507 e. The van der Waals surface area contributed by atoms with Crippen molar-refractivity contribution in [2.75, 3.05) is 11.4 Å². The summed E-state index contributed by atoms with van der Waals surface area (Å²) in [6.45, 7) is 6.03. The predicted octanol–water partition coefficient (Wildman–Crippen LogP) is 4.49. The lowest BCUT2D eigenvalue weighted by Crippen LogP contribution is -2.21. The van der Waals surface area contributed by atoms with Crippen LogP contribution in [0.25, 0.3) is 0 Å². The van der Waals surface area contributed by atoms with Gasteiger partial charge in [0.25, 0.3) is 0 Å². The molecule has 0 aliphatic heterocycles. The smallest absolute Gasteiger partial charge is 0.129 e. The number of halogens is 1. The van der Waals surface area contributed by atoms with Crippen molar-refractivity contribution in [2.24, 2.45) is 0 Å². The van der Waals surface area contributed by atoms with Crippen LogP contribution in [0, 0.1) is 6.92 Å². The number of nitrogens with zero attached hydrogens (tertiary/aromatic N) is 1. The van der Waals surface area contributed by atoms with Crippen LogP contribution in [0.3, 0.4) is 0 Å². The molecule has 0 saturated carbocycles. The van der Waals surface area contributed by atoms with Crippen LogP contribution in [0.2, 0.25) is 0 Å². The first-order valence-electron chi connectivity index (χ1n) is 6.39. The molecule has 3 heteroatoms. The van der Waals surface area contributed by atoms with Crippen LogP contribution in [0.5, 0.6) is 5.75 Å². The van der Waals surface area contributed by atoms with E-state index in [2.05, 4.69) is 58.9 Å². The Hall–Kier alpha value is -1.48. The lowest BCUT2D eigenvalue weighted by Gasteiger charge is -2.23. The van der Waals surface area contributed by atoms with E-state index in [-0.39, 0.29) is 5.75 Å². The summed E-state index contributed by atoms with van der Waals surface area (Å²) in [5.74, 6) is 0.280. The summed E-state index contributed by atoms with van der Waals surface area (Å²) in [6, 6.07) is 14.2. The first kappa shape index (κ1) is 13.9. The van der Waals surface area contributed by atoms with Crippen molar-refractivity contribution in [3.8, 4) is 5.75 Å². The molecule has 0 radical (unpaired) electrons. The van der Waals surface area contributed by atoms with Crippen LogP contribution < -0.4 is 4.90 Å². The molecule has 0 heterocycles. The number of aryl methyl sites for hydroxylation is 1. The molecule has 2 aromatic carbocycles. The molecule has 0 aliphatic rings. The van der Waals surface area contributed by atoms with Gasteiger partial charge in [0, 0.05) is 18.8 Å². The average molecular weight is 320 g/mol. The van der Waals surface area contributed by atoms with Gasteiger partial charge < -0.3 is 10.0 Å². The third-order valence-corrected chi connectivity index (χ3v) is 3.77. The quantitative estimate of drug-likeness (QED) is 0.897. The van der Waals surface area contributed by atoms with Gasteiger partial charge in [-0.3, -0.25) is 0 Å². The summed E-state index contributed by atoms with van der Waals surface area (Å²) in [7, 11) is 0. The molecule has 0 bridgehead atoms. The summed E-state index contributed by atoms with van der Waals surface area (Å²) in [5.41, 5.74) is 3.67. The highest BCUT2D eigenvalue weighted by Gasteiger charge is 2.07. The molecule has 19 heavy (non-hydrogen) atoms. The lowest BCUT2D eigenvalue weighted by atomic mass is 10.1. The third kappa shape index (κ3) is 3.51. The van der Waals surface area contributed by atoms with E-state index in [0.717, 1.165) is 17.6 Å². The van der Waals surface area contributed by atoms with Crippen molar-refractivity contribution in [3.63, 3.8) is 0 Å². The summed E-state index contributed by atoms with van der Waals surface area (Å²) < 4.78 is 0.741. The summed E-state index contributed by atoms with van der Waals surface area (Å²) in [5, 5.41) is 9.53. The number of hydrogen-bond donors (Lipinski definition) is 1. The Bertz CT molecular complexity index is 568. The molecule has 0 amide bonds. The minimum atomic E-state index is 0.280. The van der Waals surface area contributed by atoms with Crippen LogP contribution in [0.4, 0.5) is 5.69 Å². The minimum Gasteiger partial charge on any atom is -0.507 e. The third-order valence-electron chi connectivity index (χ3n) is 3.13. The molecule has 2 rings (SSSR count). The highest BCUT2D eigenvalue weighted by molar-refractivity contribution is 9.10. The highest BCUT2D eigenvalue weighted by Crippen LogP contribution is 2.26. The van der Waals surface area contributed by atoms with Crippen LogP contribution >= 0.6 is 15.9 Å². The minimum absolute atomic E-state index is 0.280. The van der Waals surface area contributed by atoms with Gasteiger partial charge in [0.2, 0.25) is 0 Å². The predicted molar refractivity (Wildman–Crippen MR) is 83.7 cm³/mol. The van der Waals surface area contributed by atoms with Crippen LogP contribution in [0.15, 0.2) is 46.9 Å². The Morgan fingerprint density at radius 1 is 1.16 bits per heavy atom. The van der Waals surface area contributed by atoms with Gasteiger partial charge in [0.1, 0.15) is 5.75 Å². The molecule has 0 spiro atoms. The number of phenolic OH excluding ortho intramolecular Hbond substituents is 1. The van der Waals surface area contributed by atoms with Gasteiger partial charge in [-0.15, -0.1) is 0 Å². The molecule has 0 aliphatic carbocycles. The summed E-state index contributed by atoms with van der Waals surface area (Å²) in [6.07, 6.45) is 0. The van der Waals surface area contributed by atoms with Crippen molar-refractivity contribution in [1.82, 2.24) is 0 Å². The van der Waals surface area contributed by atoms with E-state index in [4.69, 9.17) is 0 Å². The maximum Gasteiger partial charge on any atom is 0.129 e. The van der Waals surface area contributed by atoms with Gasteiger partial charge in [0.15, 0.2) is 0 Å². The van der Waals surface area contributed by atoms with Crippen molar-refractivity contribution in [1.29, 1.82) is 0 Å². The zero-order valence-corrected chi connectivity index (χ0v) is 12.8. The molecule has 1 N–H and O–H groups in total. The van der Waals surface area contributed by atoms with E-state index in [1.165, 1.54) is 16.8 Å². The van der Waals surface area contributed by atoms with Gasteiger partial charge in [-0.25, -0.2) is 0 Å².